The van der Waals surface area contributed by atoms with Crippen molar-refractivity contribution in [2.24, 2.45) is 0 Å². The molecule has 0 radical (unpaired) electrons. The predicted octanol–water partition coefficient (Wildman–Crippen LogP) is 2.24. The van der Waals surface area contributed by atoms with Crippen molar-refractivity contribution < 1.29 is 9.18 Å². The van der Waals surface area contributed by atoms with Crippen LogP contribution < -0.4 is 5.32 Å². The summed E-state index contributed by atoms with van der Waals surface area (Å²) in [6.07, 6.45) is 0. The van der Waals surface area contributed by atoms with E-state index in [9.17, 15) is 9.18 Å². The van der Waals surface area contributed by atoms with Gasteiger partial charge in [0.15, 0.2) is 0 Å². The molecule has 0 bridgehead atoms. The smallest absolute Gasteiger partial charge is 0.273 e. The van der Waals surface area contributed by atoms with Gasteiger partial charge in [-0.25, -0.2) is 9.37 Å². The molecule has 0 aliphatic rings. The van der Waals surface area contributed by atoms with Gasteiger partial charge in [0.05, 0.1) is 0 Å². The molecular formula is C14H16FN3OS. The number of rotatable bonds is 5. The van der Waals surface area contributed by atoms with Gasteiger partial charge in [-0.3, -0.25) is 4.79 Å². The Morgan fingerprint density at radius 3 is 2.90 bits per heavy atom. The number of benzene rings is 1. The number of amides is 1. The number of aromatic nitrogens is 1. The molecule has 1 N–H and O–H groups in total. The lowest BCUT2D eigenvalue weighted by Gasteiger charge is -2.15. The number of nitrogens with one attached hydrogen (secondary N) is 1. The minimum absolute atomic E-state index is 0.154. The summed E-state index contributed by atoms with van der Waals surface area (Å²) >= 11 is 1.27. The summed E-state index contributed by atoms with van der Waals surface area (Å²) < 4.78 is 13.7. The van der Waals surface area contributed by atoms with Gasteiger partial charge in [-0.05, 0) is 19.2 Å². The van der Waals surface area contributed by atoms with Gasteiger partial charge in [0.25, 0.3) is 5.91 Å². The van der Waals surface area contributed by atoms with Crippen LogP contribution in [0.5, 0.6) is 0 Å². The van der Waals surface area contributed by atoms with E-state index in [0.717, 1.165) is 0 Å². The van der Waals surface area contributed by atoms with Crippen molar-refractivity contribution in [1.29, 1.82) is 0 Å². The van der Waals surface area contributed by atoms with Crippen LogP contribution in [0.4, 0.5) is 4.39 Å². The van der Waals surface area contributed by atoms with E-state index < -0.39 is 0 Å². The van der Waals surface area contributed by atoms with Crippen LogP contribution in [0.3, 0.4) is 0 Å². The van der Waals surface area contributed by atoms with Crippen molar-refractivity contribution in [1.82, 2.24) is 15.2 Å². The molecule has 6 heteroatoms. The second kappa shape index (κ2) is 6.58. The SMILES string of the molecule is CNCCN(C)C(=O)c1csc(-c2ccccc2F)n1. The molecule has 4 nitrogen and oxygen atoms in total. The van der Waals surface area contributed by atoms with Gasteiger partial charge in [0.1, 0.15) is 16.5 Å². The number of halogens is 1. The molecule has 0 aliphatic heterocycles. The third kappa shape index (κ3) is 3.20. The van der Waals surface area contributed by atoms with E-state index in [0.29, 0.717) is 29.4 Å². The lowest BCUT2D eigenvalue weighted by molar-refractivity contribution is 0.0792. The molecule has 0 atom stereocenters. The average molecular weight is 293 g/mol. The van der Waals surface area contributed by atoms with Gasteiger partial charge < -0.3 is 10.2 Å². The Bertz CT molecular complexity index is 600. The van der Waals surface area contributed by atoms with Crippen molar-refractivity contribution >= 4 is 17.2 Å². The molecule has 1 heterocycles. The zero-order valence-electron chi connectivity index (χ0n) is 11.4. The molecule has 0 fully saturated rings. The highest BCUT2D eigenvalue weighted by Crippen LogP contribution is 2.26. The van der Waals surface area contributed by atoms with E-state index >= 15 is 0 Å². The van der Waals surface area contributed by atoms with Gasteiger partial charge in [0.2, 0.25) is 0 Å². The number of nitrogens with zero attached hydrogens (tertiary/aromatic N) is 2. The van der Waals surface area contributed by atoms with Gasteiger partial charge in [-0.2, -0.15) is 0 Å². The van der Waals surface area contributed by atoms with Gasteiger partial charge in [-0.15, -0.1) is 11.3 Å². The Morgan fingerprint density at radius 2 is 2.20 bits per heavy atom. The lowest BCUT2D eigenvalue weighted by Crippen LogP contribution is -2.32. The molecule has 1 aromatic carbocycles. The molecule has 0 saturated heterocycles. The Labute approximate surface area is 121 Å². The minimum Gasteiger partial charge on any atom is -0.339 e. The highest BCUT2D eigenvalue weighted by atomic mass is 32.1. The maximum absolute atomic E-state index is 13.7. The molecule has 2 rings (SSSR count). The first-order chi connectivity index (χ1) is 9.63. The van der Waals surface area contributed by atoms with Crippen LogP contribution >= 0.6 is 11.3 Å². The average Bonchev–Trinajstić information content (AvgIpc) is 2.94. The van der Waals surface area contributed by atoms with Crippen LogP contribution in [0.25, 0.3) is 10.6 Å². The van der Waals surface area contributed by atoms with Gasteiger partial charge >= 0.3 is 0 Å². The zero-order chi connectivity index (χ0) is 14.5. The highest BCUT2D eigenvalue weighted by Gasteiger charge is 2.16. The van der Waals surface area contributed by atoms with E-state index in [1.165, 1.54) is 17.4 Å². The number of hydrogen-bond donors (Lipinski definition) is 1. The maximum Gasteiger partial charge on any atom is 0.273 e. The topological polar surface area (TPSA) is 45.2 Å². The fourth-order valence-corrected chi connectivity index (χ4v) is 2.53. The fourth-order valence-electron chi connectivity index (χ4n) is 1.71. The lowest BCUT2D eigenvalue weighted by atomic mass is 10.2. The molecule has 2 aromatic rings. The Balaban J connectivity index is 2.17. The molecule has 20 heavy (non-hydrogen) atoms. The Kier molecular flexibility index (Phi) is 4.81. The van der Waals surface area contributed by atoms with Crippen molar-refractivity contribution in [3.05, 3.63) is 41.2 Å². The van der Waals surface area contributed by atoms with E-state index in [-0.39, 0.29) is 11.7 Å². The summed E-state index contributed by atoms with van der Waals surface area (Å²) in [5, 5.41) is 5.17. The van der Waals surface area contributed by atoms with Crippen LogP contribution in [-0.2, 0) is 0 Å². The van der Waals surface area contributed by atoms with E-state index in [4.69, 9.17) is 0 Å². The molecule has 106 valence electrons. The normalized spacial score (nSPS) is 10.6. The van der Waals surface area contributed by atoms with Gasteiger partial charge in [-0.1, -0.05) is 12.1 Å². The largest absolute Gasteiger partial charge is 0.339 e. The van der Waals surface area contributed by atoms with Crippen LogP contribution in [0.2, 0.25) is 0 Å². The zero-order valence-corrected chi connectivity index (χ0v) is 12.2. The van der Waals surface area contributed by atoms with E-state index in [1.54, 1.807) is 35.5 Å². The molecule has 1 aromatic heterocycles. The number of thiazole rings is 1. The van der Waals surface area contributed by atoms with Crippen LogP contribution in [0.1, 0.15) is 10.5 Å². The third-order valence-corrected chi connectivity index (χ3v) is 3.75. The van der Waals surface area contributed by atoms with Crippen molar-refractivity contribution in [3.8, 4) is 10.6 Å². The molecular weight excluding hydrogens is 277 g/mol. The van der Waals surface area contributed by atoms with Crippen LogP contribution in [-0.4, -0.2) is 43.0 Å². The van der Waals surface area contributed by atoms with Crippen molar-refractivity contribution in [3.63, 3.8) is 0 Å². The van der Waals surface area contributed by atoms with Gasteiger partial charge in [0, 0.05) is 31.1 Å². The van der Waals surface area contributed by atoms with Crippen molar-refractivity contribution in [2.75, 3.05) is 27.2 Å². The maximum atomic E-state index is 13.7. The first kappa shape index (κ1) is 14.6. The molecule has 1 amide bonds. The number of likely N-dealkylation sites (N-methyl/N-ethyl adjacent to an activating group) is 2. The summed E-state index contributed by atoms with van der Waals surface area (Å²) in [5.74, 6) is -0.483. The summed E-state index contributed by atoms with van der Waals surface area (Å²) in [4.78, 5) is 18.0. The quantitative estimate of drug-likeness (QED) is 0.919. The second-order valence-corrected chi connectivity index (χ2v) is 5.21. The number of carbonyl (C=O) groups excluding carboxylic acids is 1. The molecule has 0 saturated carbocycles. The first-order valence-electron chi connectivity index (χ1n) is 6.24. The third-order valence-electron chi connectivity index (χ3n) is 2.87. The summed E-state index contributed by atoms with van der Waals surface area (Å²) in [7, 11) is 3.55. The van der Waals surface area contributed by atoms with Crippen LogP contribution in [0, 0.1) is 5.82 Å². The fraction of sp³-hybridized carbons (Fsp3) is 0.286. The summed E-state index contributed by atoms with van der Waals surface area (Å²) in [6.45, 7) is 1.31. The Morgan fingerprint density at radius 1 is 1.45 bits per heavy atom. The van der Waals surface area contributed by atoms with Crippen molar-refractivity contribution in [2.45, 2.75) is 0 Å². The number of carbonyl (C=O) groups is 1. The first-order valence-corrected chi connectivity index (χ1v) is 7.12. The van der Waals surface area contributed by atoms with E-state index in [2.05, 4.69) is 10.3 Å². The molecule has 0 spiro atoms. The predicted molar refractivity (Wildman–Crippen MR) is 78.4 cm³/mol. The number of hydrogen-bond acceptors (Lipinski definition) is 4. The van der Waals surface area contributed by atoms with Crippen LogP contribution in [0.15, 0.2) is 29.6 Å². The minimum atomic E-state index is -0.329. The molecule has 0 aliphatic carbocycles. The highest BCUT2D eigenvalue weighted by molar-refractivity contribution is 7.13. The summed E-state index contributed by atoms with van der Waals surface area (Å²) in [6, 6.07) is 6.43. The standard InChI is InChI=1S/C14H16FN3OS/c1-16-7-8-18(2)14(19)12-9-20-13(17-12)10-5-3-4-6-11(10)15/h3-6,9,16H,7-8H2,1-2H3. The monoisotopic (exact) mass is 293 g/mol. The summed E-state index contributed by atoms with van der Waals surface area (Å²) in [5.41, 5.74) is 0.779. The second-order valence-electron chi connectivity index (χ2n) is 4.35. The van der Waals surface area contributed by atoms with E-state index in [1.807, 2.05) is 7.05 Å². The Hall–Kier alpha value is -1.79. The molecule has 0 unspecified atom stereocenters.